The molecule has 4 rings (SSSR count). The Hall–Kier alpha value is -4.32. The summed E-state index contributed by atoms with van der Waals surface area (Å²) in [5.41, 5.74) is 9.31. The van der Waals surface area contributed by atoms with Gasteiger partial charge in [0.15, 0.2) is 11.5 Å². The molecule has 2 aromatic carbocycles. The Morgan fingerprint density at radius 1 is 1.06 bits per heavy atom. The van der Waals surface area contributed by atoms with Crippen LogP contribution in [0.5, 0.6) is 28.9 Å². The van der Waals surface area contributed by atoms with Crippen LogP contribution in [0.25, 0.3) is 11.3 Å². The number of fused-ring (bicyclic) bond motifs is 1. The molecular weight excluding hydrogens is 436 g/mol. The summed E-state index contributed by atoms with van der Waals surface area (Å²) in [5.74, 6) is 1.83. The highest BCUT2D eigenvalue weighted by Crippen LogP contribution is 2.49. The maximum atomic E-state index is 9.99. The van der Waals surface area contributed by atoms with Gasteiger partial charge in [0.1, 0.15) is 17.4 Å². The monoisotopic (exact) mass is 462 g/mol. The Labute approximate surface area is 197 Å². The zero-order chi connectivity index (χ0) is 24.4. The van der Waals surface area contributed by atoms with E-state index >= 15 is 0 Å². The van der Waals surface area contributed by atoms with Gasteiger partial charge in [0.25, 0.3) is 0 Å². The van der Waals surface area contributed by atoms with E-state index in [0.717, 1.165) is 11.3 Å². The molecule has 34 heavy (non-hydrogen) atoms. The highest BCUT2D eigenvalue weighted by Gasteiger charge is 2.36. The lowest BCUT2D eigenvalue weighted by Gasteiger charge is -2.25. The van der Waals surface area contributed by atoms with Gasteiger partial charge in [-0.1, -0.05) is 0 Å². The standard InChI is InChI=1S/C25H26N4O5/c1-13(2)33-16-8-6-14(7-9-16)22-21-20(17(12-26)24(27)34-25(21)29-28-22)15-10-18(30-3)23(32-5)19(11-15)31-4/h6-11,13,20H,27H2,1-5H3,(H,28,29). The summed E-state index contributed by atoms with van der Waals surface area (Å²) in [4.78, 5) is 0. The third-order valence-corrected chi connectivity index (χ3v) is 5.47. The average Bonchev–Trinajstić information content (AvgIpc) is 3.25. The van der Waals surface area contributed by atoms with Gasteiger partial charge < -0.3 is 29.4 Å². The quantitative estimate of drug-likeness (QED) is 0.537. The first kappa shape index (κ1) is 22.9. The van der Waals surface area contributed by atoms with Crippen LogP contribution in [0.4, 0.5) is 0 Å². The predicted molar refractivity (Wildman–Crippen MR) is 125 cm³/mol. The number of hydrogen-bond donors (Lipinski definition) is 2. The van der Waals surface area contributed by atoms with Crippen molar-refractivity contribution in [1.29, 1.82) is 5.26 Å². The molecule has 0 saturated heterocycles. The number of aromatic nitrogens is 2. The number of hydrogen-bond acceptors (Lipinski definition) is 8. The van der Waals surface area contributed by atoms with E-state index in [0.29, 0.717) is 39.9 Å². The molecule has 0 spiro atoms. The Bertz CT molecular complexity index is 1250. The molecule has 0 amide bonds. The molecule has 1 atom stereocenters. The lowest BCUT2D eigenvalue weighted by Crippen LogP contribution is -2.21. The van der Waals surface area contributed by atoms with Crippen LogP contribution in [0.2, 0.25) is 0 Å². The van der Waals surface area contributed by atoms with Crippen molar-refractivity contribution in [3.63, 3.8) is 0 Å². The van der Waals surface area contributed by atoms with Crippen LogP contribution in [0.3, 0.4) is 0 Å². The van der Waals surface area contributed by atoms with E-state index < -0.39 is 5.92 Å². The van der Waals surface area contributed by atoms with Crippen molar-refractivity contribution < 1.29 is 23.7 Å². The topological polar surface area (TPSA) is 125 Å². The SMILES string of the molecule is COc1cc(C2C(C#N)=C(N)Oc3n[nH]c(-c4ccc(OC(C)C)cc4)c32)cc(OC)c1OC. The van der Waals surface area contributed by atoms with Crippen molar-refractivity contribution in [2.75, 3.05) is 21.3 Å². The number of nitriles is 1. The molecule has 2 heterocycles. The number of nitrogens with one attached hydrogen (secondary N) is 1. The molecule has 0 bridgehead atoms. The van der Waals surface area contributed by atoms with Crippen molar-refractivity contribution in [3.05, 3.63) is 59.0 Å². The summed E-state index contributed by atoms with van der Waals surface area (Å²) in [7, 11) is 4.61. The third-order valence-electron chi connectivity index (χ3n) is 5.47. The second-order valence-corrected chi connectivity index (χ2v) is 7.89. The number of rotatable bonds is 7. The molecule has 0 aliphatic carbocycles. The molecule has 9 nitrogen and oxygen atoms in total. The van der Waals surface area contributed by atoms with Crippen molar-refractivity contribution >= 4 is 0 Å². The van der Waals surface area contributed by atoms with Crippen LogP contribution >= 0.6 is 0 Å². The van der Waals surface area contributed by atoms with Crippen LogP contribution in [0.15, 0.2) is 47.9 Å². The Morgan fingerprint density at radius 2 is 1.71 bits per heavy atom. The predicted octanol–water partition coefficient (Wildman–Crippen LogP) is 4.11. The van der Waals surface area contributed by atoms with E-state index in [-0.39, 0.29) is 17.6 Å². The Morgan fingerprint density at radius 3 is 2.24 bits per heavy atom. The number of methoxy groups -OCH3 is 3. The summed E-state index contributed by atoms with van der Waals surface area (Å²) in [6, 6.07) is 13.4. The fraction of sp³-hybridized carbons (Fsp3) is 0.280. The Balaban J connectivity index is 1.89. The molecule has 3 aromatic rings. The van der Waals surface area contributed by atoms with Crippen LogP contribution in [-0.4, -0.2) is 37.6 Å². The smallest absolute Gasteiger partial charge is 0.244 e. The molecular formula is C25H26N4O5. The van der Waals surface area contributed by atoms with Crippen molar-refractivity contribution in [3.8, 4) is 46.2 Å². The fourth-order valence-corrected chi connectivity index (χ4v) is 4.04. The van der Waals surface area contributed by atoms with E-state index in [1.807, 2.05) is 38.1 Å². The number of nitrogens with zero attached hydrogens (tertiary/aromatic N) is 2. The Kier molecular flexibility index (Phi) is 6.23. The number of nitrogens with two attached hydrogens (primary N) is 1. The minimum Gasteiger partial charge on any atom is -0.493 e. The summed E-state index contributed by atoms with van der Waals surface area (Å²) in [5, 5.41) is 17.4. The number of benzene rings is 2. The highest BCUT2D eigenvalue weighted by atomic mass is 16.5. The van der Waals surface area contributed by atoms with Gasteiger partial charge in [-0.25, -0.2) is 0 Å². The first-order chi connectivity index (χ1) is 16.4. The molecule has 176 valence electrons. The van der Waals surface area contributed by atoms with E-state index in [1.54, 1.807) is 12.1 Å². The van der Waals surface area contributed by atoms with E-state index in [2.05, 4.69) is 16.3 Å². The van der Waals surface area contributed by atoms with E-state index in [9.17, 15) is 5.26 Å². The van der Waals surface area contributed by atoms with Gasteiger partial charge in [-0.15, -0.1) is 5.10 Å². The maximum Gasteiger partial charge on any atom is 0.244 e. The number of H-pyrrole nitrogens is 1. The van der Waals surface area contributed by atoms with Gasteiger partial charge in [-0.3, -0.25) is 5.10 Å². The summed E-state index contributed by atoms with van der Waals surface area (Å²) >= 11 is 0. The molecule has 1 unspecified atom stereocenters. The summed E-state index contributed by atoms with van der Waals surface area (Å²) in [6.07, 6.45) is 0.0647. The number of aromatic amines is 1. The van der Waals surface area contributed by atoms with Gasteiger partial charge in [0.2, 0.25) is 17.5 Å². The second kappa shape index (κ2) is 9.27. The van der Waals surface area contributed by atoms with Gasteiger partial charge in [-0.2, -0.15) is 5.26 Å². The minimum atomic E-state index is -0.581. The summed E-state index contributed by atoms with van der Waals surface area (Å²) < 4.78 is 28.0. The largest absolute Gasteiger partial charge is 0.493 e. The second-order valence-electron chi connectivity index (χ2n) is 7.89. The highest BCUT2D eigenvalue weighted by molar-refractivity contribution is 5.72. The van der Waals surface area contributed by atoms with Crippen LogP contribution in [-0.2, 0) is 0 Å². The zero-order valence-corrected chi connectivity index (χ0v) is 19.6. The third kappa shape index (κ3) is 3.94. The van der Waals surface area contributed by atoms with Gasteiger partial charge in [0.05, 0.1) is 44.6 Å². The molecule has 9 heteroatoms. The zero-order valence-electron chi connectivity index (χ0n) is 19.6. The first-order valence-corrected chi connectivity index (χ1v) is 10.6. The summed E-state index contributed by atoms with van der Waals surface area (Å²) in [6.45, 7) is 3.94. The van der Waals surface area contributed by atoms with E-state index in [4.69, 9.17) is 29.4 Å². The van der Waals surface area contributed by atoms with Crippen molar-refractivity contribution in [2.45, 2.75) is 25.9 Å². The lowest BCUT2D eigenvalue weighted by atomic mass is 9.82. The van der Waals surface area contributed by atoms with Crippen molar-refractivity contribution in [1.82, 2.24) is 10.2 Å². The van der Waals surface area contributed by atoms with Crippen LogP contribution < -0.4 is 29.4 Å². The first-order valence-electron chi connectivity index (χ1n) is 10.6. The molecule has 1 aliphatic rings. The number of allylic oxidation sites excluding steroid dienone is 1. The lowest BCUT2D eigenvalue weighted by molar-refractivity contribution is 0.242. The average molecular weight is 463 g/mol. The molecule has 1 aliphatic heterocycles. The van der Waals surface area contributed by atoms with Crippen LogP contribution in [0, 0.1) is 11.3 Å². The van der Waals surface area contributed by atoms with Gasteiger partial charge in [0, 0.05) is 5.56 Å². The number of ether oxygens (including phenoxy) is 5. The molecule has 0 fully saturated rings. The molecule has 0 saturated carbocycles. The molecule has 3 N–H and O–H groups in total. The van der Waals surface area contributed by atoms with Crippen molar-refractivity contribution in [2.24, 2.45) is 5.73 Å². The minimum absolute atomic E-state index is 0.00696. The molecule has 0 radical (unpaired) electrons. The normalized spacial score (nSPS) is 14.8. The molecule has 1 aromatic heterocycles. The van der Waals surface area contributed by atoms with Gasteiger partial charge in [-0.05, 0) is 55.8 Å². The van der Waals surface area contributed by atoms with E-state index in [1.165, 1.54) is 21.3 Å². The van der Waals surface area contributed by atoms with Crippen LogP contribution in [0.1, 0.15) is 30.9 Å². The maximum absolute atomic E-state index is 9.99. The van der Waals surface area contributed by atoms with Gasteiger partial charge >= 0.3 is 0 Å². The fourth-order valence-electron chi connectivity index (χ4n) is 4.04.